The summed E-state index contributed by atoms with van der Waals surface area (Å²) in [5.41, 5.74) is 13.5. The lowest BCUT2D eigenvalue weighted by atomic mass is 9.77. The van der Waals surface area contributed by atoms with Crippen LogP contribution in [0.25, 0.3) is 21.8 Å². The topological polar surface area (TPSA) is 180 Å². The molecule has 4 aromatic carbocycles. The minimum atomic E-state index is -1.19. The van der Waals surface area contributed by atoms with Crippen LogP contribution in [0.5, 0.6) is 0 Å². The highest BCUT2D eigenvalue weighted by molar-refractivity contribution is 6.07. The minimum absolute atomic E-state index is 0.0418. The first-order valence-corrected chi connectivity index (χ1v) is 18.1. The number of hydrogen-bond acceptors (Lipinski definition) is 6. The number of para-hydroxylation sites is 2. The van der Waals surface area contributed by atoms with E-state index in [1.54, 1.807) is 92.5 Å². The van der Waals surface area contributed by atoms with Crippen molar-refractivity contribution in [1.29, 1.82) is 0 Å². The number of rotatable bonds is 13. The van der Waals surface area contributed by atoms with Crippen molar-refractivity contribution in [1.82, 2.24) is 30.2 Å². The van der Waals surface area contributed by atoms with Crippen LogP contribution in [-0.4, -0.2) is 55.3 Å². The molecule has 56 heavy (non-hydrogen) atoms. The molecule has 2 aromatic heterocycles. The van der Waals surface area contributed by atoms with Crippen LogP contribution in [0.2, 0.25) is 0 Å². The summed E-state index contributed by atoms with van der Waals surface area (Å²) in [6.45, 7) is 9.36. The van der Waals surface area contributed by atoms with Gasteiger partial charge in [-0.3, -0.25) is 28.5 Å². The predicted octanol–water partition coefficient (Wildman–Crippen LogP) is 5.24. The molecule has 0 radical (unpaired) electrons. The Balaban J connectivity index is 1.35. The summed E-state index contributed by atoms with van der Waals surface area (Å²) in [6, 6.07) is 22.2. The molecule has 290 valence electrons. The second-order valence-corrected chi connectivity index (χ2v) is 15.7. The van der Waals surface area contributed by atoms with Gasteiger partial charge in [-0.2, -0.15) is 10.2 Å². The maximum absolute atomic E-state index is 14.0. The number of hydrogen-bond donors (Lipinski definition) is 4. The van der Waals surface area contributed by atoms with Crippen molar-refractivity contribution in [2.45, 2.75) is 66.2 Å². The molecule has 12 nitrogen and oxygen atoms in total. The quantitative estimate of drug-likeness (QED) is 0.125. The van der Waals surface area contributed by atoms with E-state index in [9.17, 15) is 28.0 Å². The Hall–Kier alpha value is -6.44. The number of nitrogens with one attached hydrogen (secondary N) is 2. The van der Waals surface area contributed by atoms with Crippen LogP contribution < -0.4 is 22.1 Å². The lowest BCUT2D eigenvalue weighted by Crippen LogP contribution is -2.54. The molecule has 2 unspecified atom stereocenters. The summed E-state index contributed by atoms with van der Waals surface area (Å²) in [5, 5.41) is 15.9. The van der Waals surface area contributed by atoms with Gasteiger partial charge < -0.3 is 22.1 Å². The third kappa shape index (κ3) is 8.28. The monoisotopic (exact) mass is 762 g/mol. The molecule has 2 atom stereocenters. The first kappa shape index (κ1) is 39.3. The number of aromatic nitrogens is 4. The summed E-state index contributed by atoms with van der Waals surface area (Å²) in [4.78, 5) is 53.4. The standard InChI is InChI=1S/C42H44F2N8O4/c1-41(2,3)35(37(45)53)47-40(56)33-30-11-8-9-26(34(30)52(50-33)23-25-15-19-28(44)20-16-25)21-42(4,5)36(38(46)54)48-39(55)32-29-10-6-7-12-31(29)51(49-32)22-24-13-17-27(43)18-14-24/h6-20,35-36H,21-23H2,1-5H3,(H2,45,53)(H2,46,54)(H,47,56)(H,48,55). The van der Waals surface area contributed by atoms with E-state index in [0.717, 1.165) is 5.56 Å². The third-order valence-corrected chi connectivity index (χ3v) is 9.85. The highest BCUT2D eigenvalue weighted by Crippen LogP contribution is 2.33. The van der Waals surface area contributed by atoms with Gasteiger partial charge in [0.15, 0.2) is 11.4 Å². The summed E-state index contributed by atoms with van der Waals surface area (Å²) in [5.74, 6) is -3.48. The van der Waals surface area contributed by atoms with Crippen molar-refractivity contribution >= 4 is 45.4 Å². The van der Waals surface area contributed by atoms with Crippen LogP contribution in [-0.2, 0) is 29.1 Å². The third-order valence-electron chi connectivity index (χ3n) is 9.85. The zero-order chi connectivity index (χ0) is 40.5. The molecule has 2 heterocycles. The van der Waals surface area contributed by atoms with E-state index in [2.05, 4.69) is 15.7 Å². The second-order valence-electron chi connectivity index (χ2n) is 15.7. The van der Waals surface area contributed by atoms with Gasteiger partial charge in [-0.15, -0.1) is 0 Å². The SMILES string of the molecule is CC(C)(C)C(NC(=O)c1nn(Cc2ccc(F)cc2)c2c(CC(C)(C)C(NC(=O)c3nn(Cc4ccc(F)cc4)c4ccccc34)C(N)=O)cccc12)C(N)=O. The first-order chi connectivity index (χ1) is 26.4. The van der Waals surface area contributed by atoms with E-state index in [1.807, 2.05) is 18.2 Å². The molecular weight excluding hydrogens is 719 g/mol. The number of nitrogens with two attached hydrogens (primary N) is 2. The molecular formula is C42H44F2N8O4. The molecule has 0 saturated carbocycles. The number of primary amides is 2. The molecule has 0 saturated heterocycles. The van der Waals surface area contributed by atoms with E-state index in [4.69, 9.17) is 16.6 Å². The maximum Gasteiger partial charge on any atom is 0.273 e. The summed E-state index contributed by atoms with van der Waals surface area (Å²) in [7, 11) is 0. The summed E-state index contributed by atoms with van der Waals surface area (Å²) in [6.07, 6.45) is 0.181. The number of carbonyl (C=O) groups is 4. The highest BCUT2D eigenvalue weighted by atomic mass is 19.1. The first-order valence-electron chi connectivity index (χ1n) is 18.1. The summed E-state index contributed by atoms with van der Waals surface area (Å²) >= 11 is 0. The van der Waals surface area contributed by atoms with Gasteiger partial charge in [0.05, 0.1) is 24.1 Å². The fourth-order valence-corrected chi connectivity index (χ4v) is 7.04. The molecule has 0 aliphatic heterocycles. The van der Waals surface area contributed by atoms with E-state index < -0.39 is 52.4 Å². The second kappa shape index (κ2) is 15.4. The van der Waals surface area contributed by atoms with Crippen molar-refractivity contribution < 1.29 is 28.0 Å². The van der Waals surface area contributed by atoms with E-state index in [0.29, 0.717) is 32.9 Å². The van der Waals surface area contributed by atoms with E-state index in [-0.39, 0.29) is 36.7 Å². The molecule has 6 N–H and O–H groups in total. The fraction of sp³-hybridized carbons (Fsp3) is 0.286. The van der Waals surface area contributed by atoms with Crippen molar-refractivity contribution in [3.05, 3.63) is 131 Å². The fourth-order valence-electron chi connectivity index (χ4n) is 7.04. The summed E-state index contributed by atoms with van der Waals surface area (Å²) < 4.78 is 30.7. The average molecular weight is 763 g/mol. The van der Waals surface area contributed by atoms with Gasteiger partial charge >= 0.3 is 0 Å². The number of nitrogens with zero attached hydrogens (tertiary/aromatic N) is 4. The van der Waals surface area contributed by atoms with Crippen LogP contribution in [0.1, 0.15) is 72.3 Å². The number of amides is 4. The molecule has 6 aromatic rings. The van der Waals surface area contributed by atoms with Gasteiger partial charge in [0.2, 0.25) is 11.8 Å². The van der Waals surface area contributed by atoms with Crippen LogP contribution in [0.3, 0.4) is 0 Å². The van der Waals surface area contributed by atoms with Crippen molar-refractivity contribution in [2.24, 2.45) is 22.3 Å². The van der Waals surface area contributed by atoms with Crippen LogP contribution >= 0.6 is 0 Å². The van der Waals surface area contributed by atoms with Gasteiger partial charge in [-0.1, -0.05) is 95.3 Å². The largest absolute Gasteiger partial charge is 0.368 e. The molecule has 0 aliphatic carbocycles. The molecule has 6 rings (SSSR count). The average Bonchev–Trinajstić information content (AvgIpc) is 3.69. The molecule has 0 spiro atoms. The Bertz CT molecular complexity index is 2450. The van der Waals surface area contributed by atoms with Crippen LogP contribution in [0.15, 0.2) is 91.0 Å². The Labute approximate surface area is 322 Å². The van der Waals surface area contributed by atoms with Crippen molar-refractivity contribution in [3.63, 3.8) is 0 Å². The van der Waals surface area contributed by atoms with Crippen LogP contribution in [0, 0.1) is 22.5 Å². The lowest BCUT2D eigenvalue weighted by Gasteiger charge is -2.33. The highest BCUT2D eigenvalue weighted by Gasteiger charge is 2.38. The number of fused-ring (bicyclic) bond motifs is 2. The Morgan fingerprint density at radius 1 is 0.643 bits per heavy atom. The smallest absolute Gasteiger partial charge is 0.273 e. The van der Waals surface area contributed by atoms with Gasteiger partial charge in [0, 0.05) is 10.8 Å². The normalized spacial score (nSPS) is 13.1. The number of benzene rings is 4. The zero-order valence-electron chi connectivity index (χ0n) is 31.8. The minimum Gasteiger partial charge on any atom is -0.368 e. The van der Waals surface area contributed by atoms with Crippen molar-refractivity contribution in [3.8, 4) is 0 Å². The molecule has 0 fully saturated rings. The lowest BCUT2D eigenvalue weighted by molar-refractivity contribution is -0.123. The number of halogens is 2. The van der Waals surface area contributed by atoms with Crippen LogP contribution in [0.4, 0.5) is 8.78 Å². The van der Waals surface area contributed by atoms with Crippen molar-refractivity contribution in [2.75, 3.05) is 0 Å². The number of carbonyl (C=O) groups excluding carboxylic acids is 4. The van der Waals surface area contributed by atoms with E-state index in [1.165, 1.54) is 24.3 Å². The van der Waals surface area contributed by atoms with E-state index >= 15 is 0 Å². The Kier molecular flexibility index (Phi) is 10.8. The van der Waals surface area contributed by atoms with Gasteiger partial charge in [0.25, 0.3) is 11.8 Å². The molecule has 14 heteroatoms. The van der Waals surface area contributed by atoms with Gasteiger partial charge in [-0.25, -0.2) is 8.78 Å². The Morgan fingerprint density at radius 2 is 1.12 bits per heavy atom. The molecule has 4 amide bonds. The van der Waals surface area contributed by atoms with Gasteiger partial charge in [0.1, 0.15) is 23.7 Å². The molecule has 0 bridgehead atoms. The Morgan fingerprint density at radius 3 is 1.68 bits per heavy atom. The maximum atomic E-state index is 14.0. The molecule has 0 aliphatic rings. The van der Waals surface area contributed by atoms with Gasteiger partial charge in [-0.05, 0) is 64.3 Å². The zero-order valence-corrected chi connectivity index (χ0v) is 31.8. The predicted molar refractivity (Wildman–Crippen MR) is 208 cm³/mol.